The molecule has 0 aliphatic carbocycles. The van der Waals surface area contributed by atoms with Gasteiger partial charge in [-0.3, -0.25) is 0 Å². The lowest BCUT2D eigenvalue weighted by Crippen LogP contribution is -2.25. The maximum atomic E-state index is 14.0. The van der Waals surface area contributed by atoms with Gasteiger partial charge < -0.3 is 10.6 Å². The minimum atomic E-state index is -0.207. The molecule has 0 amide bonds. The molecule has 1 unspecified atom stereocenters. The first-order valence-corrected chi connectivity index (χ1v) is 7.20. The van der Waals surface area contributed by atoms with Gasteiger partial charge in [0.25, 0.3) is 0 Å². The molecule has 4 heteroatoms. The molecule has 0 bridgehead atoms. The molecule has 21 heavy (non-hydrogen) atoms. The Morgan fingerprint density at radius 1 is 1.24 bits per heavy atom. The van der Waals surface area contributed by atoms with Gasteiger partial charge in [-0.25, -0.2) is 4.39 Å². The van der Waals surface area contributed by atoms with Crippen LogP contribution in [0.25, 0.3) is 0 Å². The van der Waals surface area contributed by atoms with Crippen molar-refractivity contribution >= 4 is 22.9 Å². The van der Waals surface area contributed by atoms with Crippen molar-refractivity contribution in [1.82, 2.24) is 0 Å². The average Bonchev–Trinajstić information content (AvgIpc) is 2.45. The Morgan fingerprint density at radius 3 is 2.52 bits per heavy atom. The first kappa shape index (κ1) is 15.4. The zero-order valence-electron chi connectivity index (χ0n) is 12.4. The highest BCUT2D eigenvalue weighted by molar-refractivity contribution is 7.80. The van der Waals surface area contributed by atoms with E-state index in [0.29, 0.717) is 10.6 Å². The van der Waals surface area contributed by atoms with Gasteiger partial charge in [-0.2, -0.15) is 0 Å². The highest BCUT2D eigenvalue weighted by atomic mass is 32.1. The van der Waals surface area contributed by atoms with Crippen molar-refractivity contribution in [2.24, 2.45) is 5.73 Å². The molecule has 2 aromatic rings. The Kier molecular flexibility index (Phi) is 4.58. The number of halogens is 1. The van der Waals surface area contributed by atoms with Gasteiger partial charge >= 0.3 is 0 Å². The molecule has 0 saturated carbocycles. The lowest BCUT2D eigenvalue weighted by atomic mass is 10.0. The molecule has 0 aliphatic rings. The summed E-state index contributed by atoms with van der Waals surface area (Å²) in [4.78, 5) is 2.34. The van der Waals surface area contributed by atoms with Crippen LogP contribution in [0.4, 0.5) is 10.1 Å². The van der Waals surface area contributed by atoms with E-state index >= 15 is 0 Å². The van der Waals surface area contributed by atoms with E-state index in [9.17, 15) is 4.39 Å². The van der Waals surface area contributed by atoms with E-state index in [-0.39, 0.29) is 11.9 Å². The van der Waals surface area contributed by atoms with Crippen LogP contribution in [0.3, 0.4) is 0 Å². The van der Waals surface area contributed by atoms with E-state index in [1.807, 2.05) is 50.1 Å². The predicted molar refractivity (Wildman–Crippen MR) is 90.3 cm³/mol. The first-order valence-electron chi connectivity index (χ1n) is 6.79. The Labute approximate surface area is 130 Å². The summed E-state index contributed by atoms with van der Waals surface area (Å²) in [6.45, 7) is 3.97. The van der Waals surface area contributed by atoms with Gasteiger partial charge in [0.2, 0.25) is 0 Å². The van der Waals surface area contributed by atoms with Gasteiger partial charge in [-0.15, -0.1) is 0 Å². The Hall–Kier alpha value is -1.94. The summed E-state index contributed by atoms with van der Waals surface area (Å²) in [6.07, 6.45) is 0. The zero-order valence-corrected chi connectivity index (χ0v) is 13.2. The summed E-state index contributed by atoms with van der Waals surface area (Å²) in [6, 6.07) is 12.6. The number of rotatable bonds is 4. The molecule has 2 nitrogen and oxygen atoms in total. The van der Waals surface area contributed by atoms with E-state index < -0.39 is 0 Å². The Balaban J connectivity index is 2.44. The van der Waals surface area contributed by atoms with Crippen molar-refractivity contribution in [2.45, 2.75) is 19.9 Å². The largest absolute Gasteiger partial charge is 0.389 e. The van der Waals surface area contributed by atoms with Gasteiger partial charge in [-0.05, 0) is 37.6 Å². The molecule has 1 atom stereocenters. The summed E-state index contributed by atoms with van der Waals surface area (Å²) >= 11 is 5.12. The quantitative estimate of drug-likeness (QED) is 0.867. The fourth-order valence-corrected chi connectivity index (χ4v) is 2.55. The summed E-state index contributed by atoms with van der Waals surface area (Å²) < 4.78 is 14.0. The van der Waals surface area contributed by atoms with Crippen LogP contribution >= 0.6 is 12.2 Å². The van der Waals surface area contributed by atoms with Crippen LogP contribution < -0.4 is 10.6 Å². The fraction of sp³-hybridized carbons (Fsp3) is 0.235. The number of benzene rings is 2. The van der Waals surface area contributed by atoms with Gasteiger partial charge in [0, 0.05) is 23.9 Å². The monoisotopic (exact) mass is 302 g/mol. The molecule has 0 saturated heterocycles. The van der Waals surface area contributed by atoms with Crippen molar-refractivity contribution in [3.8, 4) is 0 Å². The first-order chi connectivity index (χ1) is 9.91. The lowest BCUT2D eigenvalue weighted by Gasteiger charge is -2.29. The predicted octanol–water partition coefficient (Wildman–Crippen LogP) is 3.97. The molecule has 0 fully saturated rings. The van der Waals surface area contributed by atoms with Crippen LogP contribution in [-0.2, 0) is 0 Å². The summed E-state index contributed by atoms with van der Waals surface area (Å²) in [5.74, 6) is -0.207. The number of hydrogen-bond donors (Lipinski definition) is 1. The molecule has 0 radical (unpaired) electrons. The molecule has 0 heterocycles. The van der Waals surface area contributed by atoms with Gasteiger partial charge in [0.1, 0.15) is 10.8 Å². The zero-order chi connectivity index (χ0) is 15.6. The summed E-state index contributed by atoms with van der Waals surface area (Å²) in [5, 5.41) is 0. The normalized spacial score (nSPS) is 12.0. The number of nitrogens with two attached hydrogens (primary N) is 1. The van der Waals surface area contributed by atoms with Crippen molar-refractivity contribution in [3.63, 3.8) is 0 Å². The third-order valence-electron chi connectivity index (χ3n) is 3.73. The van der Waals surface area contributed by atoms with Crippen molar-refractivity contribution in [3.05, 3.63) is 65.0 Å². The highest BCUT2D eigenvalue weighted by Crippen LogP contribution is 2.30. The Bertz CT molecular complexity index is 670. The van der Waals surface area contributed by atoms with Crippen LogP contribution in [-0.4, -0.2) is 12.0 Å². The molecule has 2 rings (SSSR count). The van der Waals surface area contributed by atoms with Crippen molar-refractivity contribution < 1.29 is 4.39 Å². The second-order valence-electron chi connectivity index (χ2n) is 5.19. The van der Waals surface area contributed by atoms with E-state index in [1.54, 1.807) is 12.1 Å². The number of hydrogen-bond acceptors (Lipinski definition) is 2. The Morgan fingerprint density at radius 2 is 1.90 bits per heavy atom. The number of anilines is 1. The van der Waals surface area contributed by atoms with Gasteiger partial charge in [0.15, 0.2) is 0 Å². The number of aryl methyl sites for hydroxylation is 1. The lowest BCUT2D eigenvalue weighted by molar-refractivity contribution is 0.585. The van der Waals surface area contributed by atoms with Crippen LogP contribution in [0, 0.1) is 12.7 Å². The second-order valence-corrected chi connectivity index (χ2v) is 5.63. The van der Waals surface area contributed by atoms with Crippen LogP contribution in [0.5, 0.6) is 0 Å². The maximum Gasteiger partial charge on any atom is 0.128 e. The van der Waals surface area contributed by atoms with E-state index in [1.165, 1.54) is 6.07 Å². The maximum absolute atomic E-state index is 14.0. The molecular formula is C17H19FN2S. The van der Waals surface area contributed by atoms with E-state index in [2.05, 4.69) is 0 Å². The topological polar surface area (TPSA) is 29.3 Å². The smallest absolute Gasteiger partial charge is 0.128 e. The molecule has 0 spiro atoms. The standard InChI is InChI=1S/C17H19FN2S/c1-11-8-9-14(17(19)21)16(10-11)20(3)12(2)13-6-4-5-7-15(13)18/h4-10,12H,1-3H3,(H2,19,21). The van der Waals surface area contributed by atoms with Crippen LogP contribution in [0.1, 0.15) is 29.7 Å². The van der Waals surface area contributed by atoms with Crippen LogP contribution in [0.15, 0.2) is 42.5 Å². The summed E-state index contributed by atoms with van der Waals surface area (Å²) in [7, 11) is 1.92. The van der Waals surface area contributed by atoms with Crippen LogP contribution in [0.2, 0.25) is 0 Å². The molecule has 2 N–H and O–H groups in total. The molecule has 0 aromatic heterocycles. The molecule has 2 aromatic carbocycles. The highest BCUT2D eigenvalue weighted by Gasteiger charge is 2.19. The number of thiocarbonyl (C=S) groups is 1. The van der Waals surface area contributed by atoms with E-state index in [4.69, 9.17) is 18.0 Å². The van der Waals surface area contributed by atoms with Crippen molar-refractivity contribution in [1.29, 1.82) is 0 Å². The number of nitrogens with zero attached hydrogens (tertiary/aromatic N) is 1. The van der Waals surface area contributed by atoms with Gasteiger partial charge in [-0.1, -0.05) is 36.5 Å². The molecule has 0 aliphatic heterocycles. The molecular weight excluding hydrogens is 283 g/mol. The average molecular weight is 302 g/mol. The minimum absolute atomic E-state index is 0.124. The minimum Gasteiger partial charge on any atom is -0.389 e. The van der Waals surface area contributed by atoms with Gasteiger partial charge in [0.05, 0.1) is 6.04 Å². The van der Waals surface area contributed by atoms with E-state index in [0.717, 1.165) is 16.8 Å². The second kappa shape index (κ2) is 6.22. The SMILES string of the molecule is Cc1ccc(C(N)=S)c(N(C)C(C)c2ccccc2F)c1. The third-order valence-corrected chi connectivity index (χ3v) is 3.95. The third kappa shape index (κ3) is 3.22. The fourth-order valence-electron chi connectivity index (χ4n) is 2.37. The summed E-state index contributed by atoms with van der Waals surface area (Å²) in [5.41, 5.74) is 9.28. The van der Waals surface area contributed by atoms with Crippen molar-refractivity contribution in [2.75, 3.05) is 11.9 Å². The molecule has 110 valence electrons.